The third-order valence-corrected chi connectivity index (χ3v) is 4.45. The minimum Gasteiger partial charge on any atom is -0.493 e. The van der Waals surface area contributed by atoms with E-state index in [0.29, 0.717) is 24.7 Å². The van der Waals surface area contributed by atoms with Crippen LogP contribution in [0.4, 0.5) is 5.69 Å². The average molecular weight is 393 g/mol. The number of nitrogens with zero attached hydrogens (tertiary/aromatic N) is 3. The highest BCUT2D eigenvalue weighted by molar-refractivity contribution is 5.51. The normalized spacial score (nSPS) is 10.4. The molecule has 0 fully saturated rings. The van der Waals surface area contributed by atoms with Crippen molar-refractivity contribution in [3.8, 4) is 17.2 Å². The summed E-state index contributed by atoms with van der Waals surface area (Å²) in [6.07, 6.45) is 3.75. The molecule has 3 aromatic rings. The molecular weight excluding hydrogens is 366 g/mol. The van der Waals surface area contributed by atoms with Gasteiger partial charge in [0.25, 0.3) is 0 Å². The van der Waals surface area contributed by atoms with Crippen molar-refractivity contribution in [2.45, 2.75) is 20.4 Å². The van der Waals surface area contributed by atoms with Gasteiger partial charge in [-0.1, -0.05) is 18.2 Å². The third kappa shape index (κ3) is 5.85. The van der Waals surface area contributed by atoms with Crippen LogP contribution >= 0.6 is 0 Å². The molecule has 0 aliphatic heterocycles. The molecule has 0 radical (unpaired) electrons. The third-order valence-electron chi connectivity index (χ3n) is 4.45. The van der Waals surface area contributed by atoms with E-state index < -0.39 is 0 Å². The Morgan fingerprint density at radius 3 is 2.34 bits per heavy atom. The summed E-state index contributed by atoms with van der Waals surface area (Å²) in [5.41, 5.74) is 2.17. The summed E-state index contributed by atoms with van der Waals surface area (Å²) in [7, 11) is 1.63. The lowest BCUT2D eigenvalue weighted by molar-refractivity contribution is 0.211. The van der Waals surface area contributed by atoms with Gasteiger partial charge in [-0.2, -0.15) is 0 Å². The first-order valence-electron chi connectivity index (χ1n) is 9.70. The van der Waals surface area contributed by atoms with E-state index in [4.69, 9.17) is 14.2 Å². The largest absolute Gasteiger partial charge is 0.493 e. The van der Waals surface area contributed by atoms with Crippen molar-refractivity contribution in [3.05, 3.63) is 72.3 Å². The van der Waals surface area contributed by atoms with Crippen molar-refractivity contribution in [2.24, 2.45) is 0 Å². The quantitative estimate of drug-likeness (QED) is 0.479. The Hall–Kier alpha value is -3.28. The fraction of sp³-hybridized carbons (Fsp3) is 0.304. The molecule has 0 aliphatic rings. The Bertz CT molecular complexity index is 900. The summed E-state index contributed by atoms with van der Waals surface area (Å²) >= 11 is 0. The Morgan fingerprint density at radius 2 is 1.62 bits per heavy atom. The van der Waals surface area contributed by atoms with Crippen molar-refractivity contribution in [2.75, 3.05) is 31.8 Å². The predicted molar refractivity (Wildman–Crippen MR) is 114 cm³/mol. The molecule has 2 aromatic carbocycles. The zero-order valence-electron chi connectivity index (χ0n) is 17.2. The maximum atomic E-state index is 5.89. The van der Waals surface area contributed by atoms with E-state index in [2.05, 4.69) is 27.9 Å². The molecule has 1 aromatic heterocycles. The molecule has 0 spiro atoms. The summed E-state index contributed by atoms with van der Waals surface area (Å²) in [5.74, 6) is 3.02. The first-order chi connectivity index (χ1) is 14.2. The minimum absolute atomic E-state index is 0.433. The predicted octanol–water partition coefficient (Wildman–Crippen LogP) is 4.28. The van der Waals surface area contributed by atoms with E-state index >= 15 is 0 Å². The summed E-state index contributed by atoms with van der Waals surface area (Å²) in [5, 5.41) is 0. The smallest absolute Gasteiger partial charge is 0.161 e. The van der Waals surface area contributed by atoms with Gasteiger partial charge in [-0.15, -0.1) is 0 Å². The van der Waals surface area contributed by atoms with Gasteiger partial charge < -0.3 is 19.1 Å². The molecule has 0 bridgehead atoms. The van der Waals surface area contributed by atoms with Crippen LogP contribution in [0.2, 0.25) is 0 Å². The lowest BCUT2D eigenvalue weighted by atomic mass is 10.2. The number of ether oxygens (including phenoxy) is 3. The lowest BCUT2D eigenvalue weighted by Gasteiger charge is -2.23. The first kappa shape index (κ1) is 20.5. The second-order valence-electron chi connectivity index (χ2n) is 6.50. The summed E-state index contributed by atoms with van der Waals surface area (Å²) in [6, 6.07) is 15.7. The number of aromatic nitrogens is 2. The molecule has 0 N–H and O–H groups in total. The van der Waals surface area contributed by atoms with Gasteiger partial charge in [-0.25, -0.2) is 9.97 Å². The Morgan fingerprint density at radius 1 is 0.897 bits per heavy atom. The van der Waals surface area contributed by atoms with Crippen LogP contribution in [0.25, 0.3) is 0 Å². The van der Waals surface area contributed by atoms with Crippen LogP contribution in [0.3, 0.4) is 0 Å². The van der Waals surface area contributed by atoms with Crippen LogP contribution in [0.1, 0.15) is 18.3 Å². The Labute approximate surface area is 172 Å². The van der Waals surface area contributed by atoms with E-state index in [1.165, 1.54) is 0 Å². The zero-order chi connectivity index (χ0) is 20.5. The molecule has 29 heavy (non-hydrogen) atoms. The summed E-state index contributed by atoms with van der Waals surface area (Å²) < 4.78 is 16.9. The highest BCUT2D eigenvalue weighted by Gasteiger charge is 2.08. The summed E-state index contributed by atoms with van der Waals surface area (Å²) in [6.45, 7) is 6.51. The van der Waals surface area contributed by atoms with E-state index in [1.807, 2.05) is 61.8 Å². The fourth-order valence-electron chi connectivity index (χ4n) is 2.93. The molecule has 3 rings (SSSR count). The second-order valence-corrected chi connectivity index (χ2v) is 6.50. The standard InChI is InChI=1S/C23H27N3O3/c1-4-26(17-19-15-24-18(2)25-16-19)20-8-7-9-21(14-20)28-12-13-29-23-11-6-5-10-22(23)27-3/h5-11,14-16H,4,12-13,17H2,1-3H3. The molecule has 6 heteroatoms. The van der Waals surface area contributed by atoms with Crippen molar-refractivity contribution < 1.29 is 14.2 Å². The van der Waals surface area contributed by atoms with Crippen LogP contribution in [0.5, 0.6) is 17.2 Å². The molecule has 6 nitrogen and oxygen atoms in total. The minimum atomic E-state index is 0.433. The van der Waals surface area contributed by atoms with Crippen LogP contribution in [-0.2, 0) is 6.54 Å². The molecule has 0 unspecified atom stereocenters. The van der Waals surface area contributed by atoms with Crippen molar-refractivity contribution in [1.82, 2.24) is 9.97 Å². The van der Waals surface area contributed by atoms with Crippen molar-refractivity contribution in [1.29, 1.82) is 0 Å². The van der Waals surface area contributed by atoms with Gasteiger partial charge in [0.05, 0.1) is 7.11 Å². The van der Waals surface area contributed by atoms with Gasteiger partial charge >= 0.3 is 0 Å². The molecule has 1 heterocycles. The topological polar surface area (TPSA) is 56.7 Å². The maximum absolute atomic E-state index is 5.89. The molecule has 0 amide bonds. The van der Waals surface area contributed by atoms with Gasteiger partial charge in [-0.05, 0) is 38.1 Å². The molecule has 0 saturated carbocycles. The summed E-state index contributed by atoms with van der Waals surface area (Å²) in [4.78, 5) is 10.8. The number of aryl methyl sites for hydroxylation is 1. The highest BCUT2D eigenvalue weighted by Crippen LogP contribution is 2.26. The van der Waals surface area contributed by atoms with Gasteiger partial charge in [0.15, 0.2) is 11.5 Å². The van der Waals surface area contributed by atoms with E-state index in [1.54, 1.807) is 7.11 Å². The van der Waals surface area contributed by atoms with Gasteiger partial charge in [-0.3, -0.25) is 0 Å². The number of para-hydroxylation sites is 2. The number of benzene rings is 2. The number of rotatable bonds is 10. The SMILES string of the molecule is CCN(Cc1cnc(C)nc1)c1cccc(OCCOc2ccccc2OC)c1. The number of methoxy groups -OCH3 is 1. The number of anilines is 1. The molecule has 0 saturated heterocycles. The van der Waals surface area contributed by atoms with Crippen LogP contribution < -0.4 is 19.1 Å². The fourth-order valence-corrected chi connectivity index (χ4v) is 2.93. The van der Waals surface area contributed by atoms with Gasteiger partial charge in [0, 0.05) is 42.8 Å². The van der Waals surface area contributed by atoms with E-state index in [9.17, 15) is 0 Å². The van der Waals surface area contributed by atoms with Crippen LogP contribution in [0.15, 0.2) is 60.9 Å². The maximum Gasteiger partial charge on any atom is 0.161 e. The molecule has 0 atom stereocenters. The van der Waals surface area contributed by atoms with Crippen molar-refractivity contribution in [3.63, 3.8) is 0 Å². The van der Waals surface area contributed by atoms with E-state index in [0.717, 1.165) is 35.9 Å². The highest BCUT2D eigenvalue weighted by atomic mass is 16.5. The van der Waals surface area contributed by atoms with Gasteiger partial charge in [0.1, 0.15) is 24.8 Å². The molecule has 0 aliphatic carbocycles. The van der Waals surface area contributed by atoms with Crippen molar-refractivity contribution >= 4 is 5.69 Å². The number of hydrogen-bond donors (Lipinski definition) is 0. The lowest BCUT2D eigenvalue weighted by Crippen LogP contribution is -2.22. The monoisotopic (exact) mass is 393 g/mol. The molecular formula is C23H27N3O3. The van der Waals surface area contributed by atoms with Crippen LogP contribution in [0, 0.1) is 6.92 Å². The average Bonchev–Trinajstić information content (AvgIpc) is 2.77. The van der Waals surface area contributed by atoms with Gasteiger partial charge in [0.2, 0.25) is 0 Å². The van der Waals surface area contributed by atoms with Crippen LogP contribution in [-0.4, -0.2) is 36.8 Å². The Kier molecular flexibility index (Phi) is 7.28. The Balaban J connectivity index is 1.56. The number of hydrogen-bond acceptors (Lipinski definition) is 6. The zero-order valence-corrected chi connectivity index (χ0v) is 17.2. The first-order valence-corrected chi connectivity index (χ1v) is 9.70. The van der Waals surface area contributed by atoms with E-state index in [-0.39, 0.29) is 0 Å². The second kappa shape index (κ2) is 10.3. The molecule has 152 valence electrons.